The highest BCUT2D eigenvalue weighted by molar-refractivity contribution is 8.01. The lowest BCUT2D eigenvalue weighted by Gasteiger charge is -2.05. The van der Waals surface area contributed by atoms with Crippen LogP contribution in [0.15, 0.2) is 41.3 Å². The van der Waals surface area contributed by atoms with E-state index in [-0.39, 0.29) is 5.91 Å². The first-order chi connectivity index (χ1) is 10.7. The van der Waals surface area contributed by atoms with E-state index in [1.54, 1.807) is 23.5 Å². The van der Waals surface area contributed by atoms with Gasteiger partial charge in [-0.3, -0.25) is 10.1 Å². The zero-order valence-corrected chi connectivity index (χ0v) is 14.7. The molecule has 1 aromatic carbocycles. The zero-order valence-electron chi connectivity index (χ0n) is 12.2. The Balaban J connectivity index is 1.75. The summed E-state index contributed by atoms with van der Waals surface area (Å²) in [6.07, 6.45) is 1.81. The van der Waals surface area contributed by atoms with E-state index in [1.165, 1.54) is 22.5 Å². The maximum atomic E-state index is 11.9. The summed E-state index contributed by atoms with van der Waals surface area (Å²) in [7, 11) is 0. The number of carbonyl (C=O) groups excluding carboxylic acids is 1. The highest BCUT2D eigenvalue weighted by atomic mass is 32.2. The normalized spacial score (nSPS) is 10.4. The van der Waals surface area contributed by atoms with Gasteiger partial charge in [0.2, 0.25) is 11.0 Å². The molecule has 0 saturated carbocycles. The highest BCUT2D eigenvalue weighted by Gasteiger charge is 2.08. The Hall–Kier alpha value is -1.31. The molecule has 0 aliphatic carbocycles. The molecule has 0 fully saturated rings. The van der Waals surface area contributed by atoms with Crippen molar-refractivity contribution in [1.29, 1.82) is 0 Å². The van der Waals surface area contributed by atoms with Gasteiger partial charge in [-0.2, -0.15) is 0 Å². The number of amides is 1. The highest BCUT2D eigenvalue weighted by Crippen LogP contribution is 2.25. The van der Waals surface area contributed by atoms with Gasteiger partial charge in [0.05, 0.1) is 5.75 Å². The standard InChI is InChI=1S/C15H17N3OS3/c1-3-8-21-15-18-17-14(22-15)16-13(19)10-20-9-12-7-5-4-6-11(12)2/h3-7H,1,8-10H2,2H3,(H,16,17,19). The Bertz CT molecular complexity index is 642. The summed E-state index contributed by atoms with van der Waals surface area (Å²) >= 11 is 4.54. The Kier molecular flexibility index (Phi) is 6.95. The van der Waals surface area contributed by atoms with E-state index in [0.29, 0.717) is 10.9 Å². The predicted molar refractivity (Wildman–Crippen MR) is 96.8 cm³/mol. The number of carbonyl (C=O) groups is 1. The molecule has 0 unspecified atom stereocenters. The van der Waals surface area contributed by atoms with Gasteiger partial charge in [0.1, 0.15) is 0 Å². The lowest BCUT2D eigenvalue weighted by Crippen LogP contribution is -2.14. The van der Waals surface area contributed by atoms with Gasteiger partial charge >= 0.3 is 0 Å². The largest absolute Gasteiger partial charge is 0.300 e. The number of rotatable bonds is 8. The van der Waals surface area contributed by atoms with Gasteiger partial charge in [0, 0.05) is 11.5 Å². The molecule has 0 aliphatic rings. The van der Waals surface area contributed by atoms with Crippen LogP contribution in [0.3, 0.4) is 0 Å². The van der Waals surface area contributed by atoms with Crippen molar-refractivity contribution in [3.63, 3.8) is 0 Å². The number of anilines is 1. The number of aromatic nitrogens is 2. The smallest absolute Gasteiger partial charge is 0.236 e. The molecular weight excluding hydrogens is 334 g/mol. The number of hydrogen-bond donors (Lipinski definition) is 1. The van der Waals surface area contributed by atoms with Crippen molar-refractivity contribution in [1.82, 2.24) is 10.2 Å². The van der Waals surface area contributed by atoms with Crippen LogP contribution in [0.2, 0.25) is 0 Å². The molecule has 0 aliphatic heterocycles. The number of nitrogens with zero attached hydrogens (tertiary/aromatic N) is 2. The Labute approximate surface area is 142 Å². The molecule has 116 valence electrons. The minimum Gasteiger partial charge on any atom is -0.300 e. The molecule has 7 heteroatoms. The number of benzene rings is 1. The van der Waals surface area contributed by atoms with Crippen molar-refractivity contribution >= 4 is 45.9 Å². The van der Waals surface area contributed by atoms with Crippen LogP contribution in [0, 0.1) is 6.92 Å². The van der Waals surface area contributed by atoms with Crippen LogP contribution in [-0.2, 0) is 10.5 Å². The van der Waals surface area contributed by atoms with Crippen LogP contribution in [0.4, 0.5) is 5.13 Å². The molecule has 0 saturated heterocycles. The number of thioether (sulfide) groups is 2. The maximum absolute atomic E-state index is 11.9. The van der Waals surface area contributed by atoms with Crippen LogP contribution in [0.1, 0.15) is 11.1 Å². The molecule has 0 atom stereocenters. The summed E-state index contributed by atoms with van der Waals surface area (Å²) in [5, 5.41) is 11.3. The van der Waals surface area contributed by atoms with E-state index in [2.05, 4.69) is 41.1 Å². The number of nitrogens with one attached hydrogen (secondary N) is 1. The number of aryl methyl sites for hydroxylation is 1. The van der Waals surface area contributed by atoms with Crippen LogP contribution < -0.4 is 5.32 Å². The average Bonchev–Trinajstić information content (AvgIpc) is 2.94. The van der Waals surface area contributed by atoms with Crippen molar-refractivity contribution in [2.45, 2.75) is 17.0 Å². The second-order valence-electron chi connectivity index (χ2n) is 4.44. The summed E-state index contributed by atoms with van der Waals surface area (Å²) in [6, 6.07) is 8.22. The van der Waals surface area contributed by atoms with E-state index in [1.807, 2.05) is 18.2 Å². The fraction of sp³-hybridized carbons (Fsp3) is 0.267. The fourth-order valence-corrected chi connectivity index (χ4v) is 4.06. The van der Waals surface area contributed by atoms with Gasteiger partial charge in [0.15, 0.2) is 4.34 Å². The Morgan fingerprint density at radius 2 is 2.23 bits per heavy atom. The van der Waals surface area contributed by atoms with Crippen molar-refractivity contribution < 1.29 is 4.79 Å². The summed E-state index contributed by atoms with van der Waals surface area (Å²) < 4.78 is 0.836. The summed E-state index contributed by atoms with van der Waals surface area (Å²) in [4.78, 5) is 11.9. The zero-order chi connectivity index (χ0) is 15.8. The predicted octanol–water partition coefficient (Wildman–Crippen LogP) is 4.00. The lowest BCUT2D eigenvalue weighted by atomic mass is 10.1. The Morgan fingerprint density at radius 1 is 1.41 bits per heavy atom. The molecule has 2 aromatic rings. The molecule has 1 heterocycles. The third-order valence-corrected chi connectivity index (χ3v) is 5.68. The van der Waals surface area contributed by atoms with Crippen molar-refractivity contribution in [3.05, 3.63) is 48.0 Å². The van der Waals surface area contributed by atoms with Gasteiger partial charge in [-0.25, -0.2) is 0 Å². The molecule has 1 amide bonds. The first-order valence-corrected chi connectivity index (χ1v) is 9.64. The van der Waals surface area contributed by atoms with Crippen LogP contribution >= 0.6 is 34.9 Å². The molecule has 1 aromatic heterocycles. The second-order valence-corrected chi connectivity index (χ2v) is 7.67. The Morgan fingerprint density at radius 3 is 3.00 bits per heavy atom. The minimum absolute atomic E-state index is 0.0463. The van der Waals surface area contributed by atoms with E-state index in [9.17, 15) is 4.79 Å². The first kappa shape index (κ1) is 17.1. The molecule has 4 nitrogen and oxygen atoms in total. The molecule has 2 rings (SSSR count). The van der Waals surface area contributed by atoms with Gasteiger partial charge in [-0.05, 0) is 18.1 Å². The number of hydrogen-bond acceptors (Lipinski definition) is 6. The van der Waals surface area contributed by atoms with Crippen LogP contribution in [-0.4, -0.2) is 27.6 Å². The van der Waals surface area contributed by atoms with E-state index in [4.69, 9.17) is 0 Å². The molecule has 0 bridgehead atoms. The first-order valence-electron chi connectivity index (χ1n) is 6.68. The maximum Gasteiger partial charge on any atom is 0.236 e. The molecular formula is C15H17N3OS3. The van der Waals surface area contributed by atoms with Gasteiger partial charge < -0.3 is 0 Å². The van der Waals surface area contributed by atoms with E-state index >= 15 is 0 Å². The molecule has 1 N–H and O–H groups in total. The van der Waals surface area contributed by atoms with E-state index < -0.39 is 0 Å². The lowest BCUT2D eigenvalue weighted by molar-refractivity contribution is -0.113. The fourth-order valence-electron chi connectivity index (χ4n) is 1.63. The topological polar surface area (TPSA) is 54.9 Å². The third kappa shape index (κ3) is 5.47. The van der Waals surface area contributed by atoms with Crippen LogP contribution in [0.5, 0.6) is 0 Å². The quantitative estimate of drug-likeness (QED) is 0.443. The SMILES string of the molecule is C=CCSc1nnc(NC(=O)CSCc2ccccc2C)s1. The van der Waals surface area contributed by atoms with Crippen molar-refractivity contribution in [3.8, 4) is 0 Å². The second kappa shape index (κ2) is 8.97. The summed E-state index contributed by atoms with van der Waals surface area (Å²) in [5.74, 6) is 1.98. The molecule has 22 heavy (non-hydrogen) atoms. The average molecular weight is 352 g/mol. The monoisotopic (exact) mass is 351 g/mol. The van der Waals surface area contributed by atoms with Crippen LogP contribution in [0.25, 0.3) is 0 Å². The van der Waals surface area contributed by atoms with Gasteiger partial charge in [0.25, 0.3) is 0 Å². The van der Waals surface area contributed by atoms with Crippen molar-refractivity contribution in [2.24, 2.45) is 0 Å². The van der Waals surface area contributed by atoms with Gasteiger partial charge in [-0.15, -0.1) is 28.5 Å². The van der Waals surface area contributed by atoms with Crippen molar-refractivity contribution in [2.75, 3.05) is 16.8 Å². The van der Waals surface area contributed by atoms with E-state index in [0.717, 1.165) is 15.8 Å². The molecule has 0 radical (unpaired) electrons. The summed E-state index contributed by atoms with van der Waals surface area (Å²) in [5.41, 5.74) is 2.52. The summed E-state index contributed by atoms with van der Waals surface area (Å²) in [6.45, 7) is 5.74. The third-order valence-electron chi connectivity index (χ3n) is 2.73. The minimum atomic E-state index is -0.0463. The molecule has 0 spiro atoms. The van der Waals surface area contributed by atoms with Gasteiger partial charge in [-0.1, -0.05) is 53.4 Å².